The summed E-state index contributed by atoms with van der Waals surface area (Å²) in [6, 6.07) is 9.79. The molecular weight excluding hydrogens is 438 g/mol. The number of halogens is 1. The van der Waals surface area contributed by atoms with Gasteiger partial charge in [0.25, 0.3) is 5.91 Å². The average Bonchev–Trinajstić information content (AvgIpc) is 3.35. The zero-order chi connectivity index (χ0) is 19.3. The van der Waals surface area contributed by atoms with Gasteiger partial charge in [-0.05, 0) is 72.3 Å². The SMILES string of the molecule is Cc1cc(Br)oc1C(=O)Nc1sc2c(c1-c1nc3ccccc3[nH]1)CCCC2. The summed E-state index contributed by atoms with van der Waals surface area (Å²) in [6.45, 7) is 1.86. The van der Waals surface area contributed by atoms with Gasteiger partial charge < -0.3 is 14.7 Å². The molecule has 0 fully saturated rings. The summed E-state index contributed by atoms with van der Waals surface area (Å²) in [4.78, 5) is 22.4. The average molecular weight is 456 g/mol. The number of benzene rings is 1. The summed E-state index contributed by atoms with van der Waals surface area (Å²) < 4.78 is 6.08. The summed E-state index contributed by atoms with van der Waals surface area (Å²) in [5.41, 5.74) is 5.05. The fraction of sp³-hybridized carbons (Fsp3) is 0.238. The zero-order valence-corrected chi connectivity index (χ0v) is 17.7. The Kier molecular flexibility index (Phi) is 4.36. The molecule has 0 radical (unpaired) electrons. The highest BCUT2D eigenvalue weighted by molar-refractivity contribution is 9.10. The van der Waals surface area contributed by atoms with Crippen molar-refractivity contribution >= 4 is 49.2 Å². The molecule has 3 heterocycles. The van der Waals surface area contributed by atoms with E-state index in [1.165, 1.54) is 16.9 Å². The Bertz CT molecular complexity index is 1170. The summed E-state index contributed by atoms with van der Waals surface area (Å²) >= 11 is 4.95. The number of aromatic amines is 1. The van der Waals surface area contributed by atoms with E-state index in [1.807, 2.05) is 31.2 Å². The van der Waals surface area contributed by atoms with Crippen LogP contribution in [0, 0.1) is 6.92 Å². The lowest BCUT2D eigenvalue weighted by atomic mass is 9.95. The van der Waals surface area contributed by atoms with Crippen LogP contribution in [0.2, 0.25) is 0 Å². The third-order valence-electron chi connectivity index (χ3n) is 5.12. The van der Waals surface area contributed by atoms with Crippen molar-refractivity contribution in [3.05, 3.63) is 56.8 Å². The van der Waals surface area contributed by atoms with Crippen LogP contribution < -0.4 is 5.32 Å². The maximum absolute atomic E-state index is 12.9. The van der Waals surface area contributed by atoms with Crippen LogP contribution in [0.1, 0.15) is 39.4 Å². The number of nitrogens with one attached hydrogen (secondary N) is 2. The Balaban J connectivity index is 1.60. The van der Waals surface area contributed by atoms with Gasteiger partial charge in [-0.15, -0.1) is 11.3 Å². The van der Waals surface area contributed by atoms with E-state index >= 15 is 0 Å². The highest BCUT2D eigenvalue weighted by Crippen LogP contribution is 2.44. The third kappa shape index (κ3) is 2.99. The van der Waals surface area contributed by atoms with Crippen LogP contribution in [0.5, 0.6) is 0 Å². The number of aromatic nitrogens is 2. The molecule has 5 nitrogen and oxygen atoms in total. The number of para-hydroxylation sites is 2. The van der Waals surface area contributed by atoms with Crippen molar-refractivity contribution in [1.29, 1.82) is 0 Å². The van der Waals surface area contributed by atoms with Crippen molar-refractivity contribution in [2.24, 2.45) is 0 Å². The van der Waals surface area contributed by atoms with Crippen LogP contribution in [0.25, 0.3) is 22.4 Å². The second kappa shape index (κ2) is 6.90. The van der Waals surface area contributed by atoms with Crippen LogP contribution in [0.15, 0.2) is 39.4 Å². The monoisotopic (exact) mass is 455 g/mol. The van der Waals surface area contributed by atoms with Crippen molar-refractivity contribution in [2.75, 3.05) is 5.32 Å². The van der Waals surface area contributed by atoms with Gasteiger partial charge in [-0.2, -0.15) is 0 Å². The van der Waals surface area contributed by atoms with E-state index in [-0.39, 0.29) is 5.91 Å². The molecule has 0 bridgehead atoms. The highest BCUT2D eigenvalue weighted by Gasteiger charge is 2.26. The van der Waals surface area contributed by atoms with Crippen LogP contribution >= 0.6 is 27.3 Å². The number of hydrogen-bond donors (Lipinski definition) is 2. The van der Waals surface area contributed by atoms with Crippen molar-refractivity contribution in [2.45, 2.75) is 32.6 Å². The number of fused-ring (bicyclic) bond motifs is 2. The first-order valence-corrected chi connectivity index (χ1v) is 10.9. The number of carbonyl (C=O) groups is 1. The van der Waals surface area contributed by atoms with Gasteiger partial charge in [-0.3, -0.25) is 4.79 Å². The minimum absolute atomic E-state index is 0.237. The van der Waals surface area contributed by atoms with E-state index in [9.17, 15) is 4.79 Å². The number of carbonyl (C=O) groups excluding carboxylic acids is 1. The van der Waals surface area contributed by atoms with Crippen molar-refractivity contribution in [3.8, 4) is 11.4 Å². The number of imidazole rings is 1. The summed E-state index contributed by atoms with van der Waals surface area (Å²) in [5, 5.41) is 3.92. The Labute approximate surface area is 174 Å². The summed E-state index contributed by atoms with van der Waals surface area (Å²) in [7, 11) is 0. The number of nitrogens with zero attached hydrogens (tertiary/aromatic N) is 1. The molecule has 2 N–H and O–H groups in total. The molecule has 1 amide bonds. The van der Waals surface area contributed by atoms with Gasteiger partial charge in [0.1, 0.15) is 10.8 Å². The molecule has 0 saturated heterocycles. The van der Waals surface area contributed by atoms with E-state index < -0.39 is 0 Å². The number of amides is 1. The van der Waals surface area contributed by atoms with E-state index in [0.29, 0.717) is 10.4 Å². The molecule has 0 aliphatic heterocycles. The molecule has 1 aromatic carbocycles. The van der Waals surface area contributed by atoms with Crippen molar-refractivity contribution in [3.63, 3.8) is 0 Å². The van der Waals surface area contributed by atoms with Crippen LogP contribution in [0.4, 0.5) is 5.00 Å². The van der Waals surface area contributed by atoms with E-state index in [4.69, 9.17) is 9.40 Å². The number of H-pyrrole nitrogens is 1. The lowest BCUT2D eigenvalue weighted by Gasteiger charge is -2.11. The summed E-state index contributed by atoms with van der Waals surface area (Å²) in [6.07, 6.45) is 4.41. The van der Waals surface area contributed by atoms with E-state index in [1.54, 1.807) is 17.4 Å². The first-order chi connectivity index (χ1) is 13.6. The number of anilines is 1. The van der Waals surface area contributed by atoms with E-state index in [2.05, 4.69) is 26.2 Å². The molecule has 0 saturated carbocycles. The van der Waals surface area contributed by atoms with Crippen molar-refractivity contribution < 1.29 is 9.21 Å². The molecule has 142 valence electrons. The quantitative estimate of drug-likeness (QED) is 0.392. The standard InChI is InChI=1S/C21H18BrN3O2S/c1-11-10-16(22)27-18(11)20(26)25-21-17(12-6-2-5-9-15(12)28-21)19-23-13-7-3-4-8-14(13)24-19/h3-4,7-8,10H,2,5-6,9H2,1H3,(H,23,24)(H,25,26). The molecule has 4 aromatic rings. The minimum Gasteiger partial charge on any atom is -0.444 e. The summed E-state index contributed by atoms with van der Waals surface area (Å²) in [5.74, 6) is 0.904. The lowest BCUT2D eigenvalue weighted by Crippen LogP contribution is -2.12. The Morgan fingerprint density at radius 2 is 2.11 bits per heavy atom. The normalized spacial score (nSPS) is 13.6. The largest absolute Gasteiger partial charge is 0.444 e. The van der Waals surface area contributed by atoms with Gasteiger partial charge in [0.15, 0.2) is 10.4 Å². The first kappa shape index (κ1) is 17.7. The van der Waals surface area contributed by atoms with Gasteiger partial charge in [0.05, 0.1) is 16.6 Å². The molecule has 0 spiro atoms. The second-order valence-electron chi connectivity index (χ2n) is 7.03. The number of rotatable bonds is 3. The molecule has 0 atom stereocenters. The number of hydrogen-bond acceptors (Lipinski definition) is 4. The predicted octanol–water partition coefficient (Wildman–Crippen LogP) is 6.09. The minimum atomic E-state index is -0.237. The molecular formula is C21H18BrN3O2S. The predicted molar refractivity (Wildman–Crippen MR) is 115 cm³/mol. The van der Waals surface area contributed by atoms with Gasteiger partial charge in [0, 0.05) is 10.4 Å². The lowest BCUT2D eigenvalue weighted by molar-refractivity contribution is 0.0995. The maximum atomic E-state index is 12.9. The second-order valence-corrected chi connectivity index (χ2v) is 8.92. The Morgan fingerprint density at radius 3 is 2.89 bits per heavy atom. The number of aryl methyl sites for hydroxylation is 2. The Hall–Kier alpha value is -2.38. The molecule has 5 rings (SSSR count). The molecule has 28 heavy (non-hydrogen) atoms. The molecule has 3 aromatic heterocycles. The molecule has 1 aliphatic carbocycles. The maximum Gasteiger partial charge on any atom is 0.292 e. The smallest absolute Gasteiger partial charge is 0.292 e. The van der Waals surface area contributed by atoms with Gasteiger partial charge >= 0.3 is 0 Å². The van der Waals surface area contributed by atoms with Crippen LogP contribution in [-0.4, -0.2) is 15.9 Å². The fourth-order valence-electron chi connectivity index (χ4n) is 3.80. The number of furan rings is 1. The first-order valence-electron chi connectivity index (χ1n) is 9.27. The van der Waals surface area contributed by atoms with Gasteiger partial charge in [-0.1, -0.05) is 12.1 Å². The topological polar surface area (TPSA) is 70.9 Å². The Morgan fingerprint density at radius 1 is 1.29 bits per heavy atom. The molecule has 0 unspecified atom stereocenters. The fourth-order valence-corrected chi connectivity index (χ4v) is 5.60. The van der Waals surface area contributed by atoms with Gasteiger partial charge in [0.2, 0.25) is 0 Å². The van der Waals surface area contributed by atoms with E-state index in [0.717, 1.165) is 52.2 Å². The van der Waals surface area contributed by atoms with Crippen molar-refractivity contribution in [1.82, 2.24) is 9.97 Å². The van der Waals surface area contributed by atoms with Gasteiger partial charge in [-0.25, -0.2) is 4.98 Å². The molecule has 1 aliphatic rings. The highest BCUT2D eigenvalue weighted by atomic mass is 79.9. The molecule has 7 heteroatoms. The number of thiophene rings is 1. The zero-order valence-electron chi connectivity index (χ0n) is 15.3. The van der Waals surface area contributed by atoms with Crippen LogP contribution in [-0.2, 0) is 12.8 Å². The van der Waals surface area contributed by atoms with Crippen LogP contribution in [0.3, 0.4) is 0 Å². The third-order valence-corrected chi connectivity index (χ3v) is 6.72.